The zero-order valence-corrected chi connectivity index (χ0v) is 28.8. The second-order valence-corrected chi connectivity index (χ2v) is 14.0. The van der Waals surface area contributed by atoms with E-state index in [1.807, 2.05) is 66.7 Å². The van der Waals surface area contributed by atoms with Crippen LogP contribution in [0.4, 0.5) is 0 Å². The fourth-order valence-corrected chi connectivity index (χ4v) is 7.85. The number of fused-ring (bicyclic) bond motifs is 7. The normalized spacial score (nSPS) is 13.0. The molecule has 7 aromatic carbocycles. The Morgan fingerprint density at radius 2 is 0.865 bits per heavy atom. The lowest BCUT2D eigenvalue weighted by atomic mass is 9.81. The molecule has 9 aromatic rings. The zero-order chi connectivity index (χ0) is 34.8. The van der Waals surface area contributed by atoms with Gasteiger partial charge in [0, 0.05) is 38.4 Å². The van der Waals surface area contributed by atoms with Gasteiger partial charge in [-0.25, -0.2) is 15.0 Å². The SMILES string of the molecule is CC1(C)c2cc(-c3ccc(-c4ccc(-c5nc(-c6ccccc6)nc(-c6ccccc6)n5)cc4)cc3)ccc2-c2ccc3c(oc4ccccc43)c21. The predicted molar refractivity (Wildman–Crippen MR) is 212 cm³/mol. The summed E-state index contributed by atoms with van der Waals surface area (Å²) in [5.74, 6) is 1.97. The van der Waals surface area contributed by atoms with Gasteiger partial charge in [-0.3, -0.25) is 0 Å². The van der Waals surface area contributed by atoms with Gasteiger partial charge in [0.05, 0.1) is 0 Å². The highest BCUT2D eigenvalue weighted by Crippen LogP contribution is 2.53. The Hall–Kier alpha value is -6.65. The Balaban J connectivity index is 0.952. The highest BCUT2D eigenvalue weighted by Gasteiger charge is 2.38. The standard InChI is InChI=1S/C48H33N3O/c1-48(2)41-29-36(25-26-37(41)39-27-28-40-38-15-9-10-16-42(38)52-44(40)43(39)48)32-19-17-30(18-20-32)31-21-23-35(24-22-31)47-50-45(33-11-5-3-6-12-33)49-46(51-47)34-13-7-4-8-14-34/h3-29H,1-2H3. The molecular formula is C48H33N3O. The lowest BCUT2D eigenvalue weighted by molar-refractivity contribution is 0.620. The van der Waals surface area contributed by atoms with Crippen LogP contribution < -0.4 is 0 Å². The van der Waals surface area contributed by atoms with Crippen molar-refractivity contribution >= 4 is 21.9 Å². The maximum atomic E-state index is 6.50. The number of para-hydroxylation sites is 1. The van der Waals surface area contributed by atoms with Crippen LogP contribution in [0.1, 0.15) is 25.0 Å². The first-order chi connectivity index (χ1) is 25.5. The molecule has 52 heavy (non-hydrogen) atoms. The van der Waals surface area contributed by atoms with E-state index in [0.29, 0.717) is 17.5 Å². The number of aromatic nitrogens is 3. The fourth-order valence-electron chi connectivity index (χ4n) is 7.85. The highest BCUT2D eigenvalue weighted by molar-refractivity contribution is 6.09. The zero-order valence-electron chi connectivity index (χ0n) is 28.8. The van der Waals surface area contributed by atoms with Gasteiger partial charge in [-0.1, -0.05) is 159 Å². The molecule has 0 saturated heterocycles. The number of hydrogen-bond donors (Lipinski definition) is 0. The first kappa shape index (κ1) is 30.2. The molecule has 0 atom stereocenters. The molecule has 0 unspecified atom stereocenters. The second kappa shape index (κ2) is 11.7. The minimum atomic E-state index is -0.196. The van der Waals surface area contributed by atoms with Gasteiger partial charge >= 0.3 is 0 Å². The minimum absolute atomic E-state index is 0.196. The molecule has 0 aliphatic heterocycles. The molecule has 0 N–H and O–H groups in total. The number of rotatable bonds is 5. The minimum Gasteiger partial charge on any atom is -0.456 e. The largest absolute Gasteiger partial charge is 0.456 e. The molecular weight excluding hydrogens is 635 g/mol. The number of benzene rings is 7. The summed E-state index contributed by atoms with van der Waals surface area (Å²) in [6.45, 7) is 4.64. The molecule has 0 spiro atoms. The van der Waals surface area contributed by atoms with Gasteiger partial charge in [0.2, 0.25) is 0 Å². The summed E-state index contributed by atoms with van der Waals surface area (Å²) < 4.78 is 6.50. The quantitative estimate of drug-likeness (QED) is 0.183. The van der Waals surface area contributed by atoms with Crippen LogP contribution in [0.3, 0.4) is 0 Å². The van der Waals surface area contributed by atoms with Crippen LogP contribution in [0.5, 0.6) is 0 Å². The van der Waals surface area contributed by atoms with Crippen molar-refractivity contribution in [1.82, 2.24) is 15.0 Å². The topological polar surface area (TPSA) is 51.8 Å². The molecule has 4 heteroatoms. The second-order valence-electron chi connectivity index (χ2n) is 14.0. The van der Waals surface area contributed by atoms with Gasteiger partial charge < -0.3 is 4.42 Å². The molecule has 0 radical (unpaired) electrons. The van der Waals surface area contributed by atoms with Crippen LogP contribution in [0, 0.1) is 0 Å². The summed E-state index contributed by atoms with van der Waals surface area (Å²) in [5.41, 5.74) is 14.4. The van der Waals surface area contributed by atoms with Crippen LogP contribution in [-0.4, -0.2) is 15.0 Å². The highest BCUT2D eigenvalue weighted by atomic mass is 16.3. The molecule has 2 heterocycles. The van der Waals surface area contributed by atoms with E-state index in [0.717, 1.165) is 39.0 Å². The number of hydrogen-bond acceptors (Lipinski definition) is 4. The van der Waals surface area contributed by atoms with Crippen molar-refractivity contribution in [2.75, 3.05) is 0 Å². The molecule has 0 fully saturated rings. The van der Waals surface area contributed by atoms with Crippen molar-refractivity contribution in [3.05, 3.63) is 175 Å². The lowest BCUT2D eigenvalue weighted by Crippen LogP contribution is -2.15. The van der Waals surface area contributed by atoms with Gasteiger partial charge in [0.25, 0.3) is 0 Å². The maximum absolute atomic E-state index is 6.50. The number of furan rings is 1. The van der Waals surface area contributed by atoms with E-state index in [-0.39, 0.29) is 5.41 Å². The Morgan fingerprint density at radius 1 is 0.404 bits per heavy atom. The first-order valence-corrected chi connectivity index (χ1v) is 17.7. The van der Waals surface area contributed by atoms with Gasteiger partial charge in [0.1, 0.15) is 11.2 Å². The Kier molecular flexibility index (Phi) is 6.80. The van der Waals surface area contributed by atoms with E-state index in [9.17, 15) is 0 Å². The Bertz CT molecular complexity index is 2720. The van der Waals surface area contributed by atoms with Crippen molar-refractivity contribution in [3.8, 4) is 67.5 Å². The summed E-state index contributed by atoms with van der Waals surface area (Å²) in [5, 5.41) is 2.35. The monoisotopic (exact) mass is 667 g/mol. The third kappa shape index (κ3) is 4.87. The molecule has 1 aliphatic carbocycles. The third-order valence-electron chi connectivity index (χ3n) is 10.5. The predicted octanol–water partition coefficient (Wildman–Crippen LogP) is 12.4. The van der Waals surface area contributed by atoms with E-state index in [1.165, 1.54) is 44.2 Å². The summed E-state index contributed by atoms with van der Waals surface area (Å²) in [7, 11) is 0. The summed E-state index contributed by atoms with van der Waals surface area (Å²) in [4.78, 5) is 14.6. The summed E-state index contributed by atoms with van der Waals surface area (Å²) in [6, 6.07) is 57.2. The van der Waals surface area contributed by atoms with Crippen molar-refractivity contribution in [3.63, 3.8) is 0 Å². The van der Waals surface area contributed by atoms with Gasteiger partial charge in [-0.05, 0) is 57.1 Å². The number of nitrogens with zero attached hydrogens (tertiary/aromatic N) is 3. The molecule has 0 amide bonds. The van der Waals surface area contributed by atoms with Crippen LogP contribution in [0.15, 0.2) is 168 Å². The molecule has 1 aliphatic rings. The molecule has 0 saturated carbocycles. The van der Waals surface area contributed by atoms with Crippen molar-refractivity contribution < 1.29 is 4.42 Å². The molecule has 4 nitrogen and oxygen atoms in total. The fraction of sp³-hybridized carbons (Fsp3) is 0.0625. The average Bonchev–Trinajstić information content (AvgIpc) is 3.70. The van der Waals surface area contributed by atoms with Crippen LogP contribution in [0.2, 0.25) is 0 Å². The van der Waals surface area contributed by atoms with E-state index in [2.05, 4.69) is 111 Å². The van der Waals surface area contributed by atoms with Gasteiger partial charge in [-0.15, -0.1) is 0 Å². The molecule has 246 valence electrons. The average molecular weight is 668 g/mol. The lowest BCUT2D eigenvalue weighted by Gasteiger charge is -2.22. The smallest absolute Gasteiger partial charge is 0.164 e. The first-order valence-electron chi connectivity index (χ1n) is 17.7. The van der Waals surface area contributed by atoms with Crippen molar-refractivity contribution in [2.24, 2.45) is 0 Å². The van der Waals surface area contributed by atoms with E-state index in [4.69, 9.17) is 19.4 Å². The summed E-state index contributed by atoms with van der Waals surface area (Å²) in [6.07, 6.45) is 0. The molecule has 10 rings (SSSR count). The van der Waals surface area contributed by atoms with Gasteiger partial charge in [-0.2, -0.15) is 0 Å². The van der Waals surface area contributed by atoms with Crippen LogP contribution in [0.25, 0.3) is 89.5 Å². The van der Waals surface area contributed by atoms with Crippen LogP contribution in [-0.2, 0) is 5.41 Å². The Labute approximate surface area is 302 Å². The Morgan fingerprint density at radius 3 is 1.46 bits per heavy atom. The van der Waals surface area contributed by atoms with Crippen molar-refractivity contribution in [1.29, 1.82) is 0 Å². The van der Waals surface area contributed by atoms with Gasteiger partial charge in [0.15, 0.2) is 17.5 Å². The van der Waals surface area contributed by atoms with Crippen molar-refractivity contribution in [2.45, 2.75) is 19.3 Å². The molecule has 2 aromatic heterocycles. The van der Waals surface area contributed by atoms with E-state index in [1.54, 1.807) is 0 Å². The maximum Gasteiger partial charge on any atom is 0.164 e. The van der Waals surface area contributed by atoms with E-state index >= 15 is 0 Å². The molecule has 0 bridgehead atoms. The van der Waals surface area contributed by atoms with E-state index < -0.39 is 0 Å². The third-order valence-corrected chi connectivity index (χ3v) is 10.5. The van der Waals surface area contributed by atoms with Crippen LogP contribution >= 0.6 is 0 Å². The summed E-state index contributed by atoms with van der Waals surface area (Å²) >= 11 is 0.